The Morgan fingerprint density at radius 3 is 2.89 bits per heavy atom. The number of hydrogen-bond acceptors (Lipinski definition) is 5. The Kier molecular flexibility index (Phi) is 3.25. The van der Waals surface area contributed by atoms with E-state index in [0.717, 1.165) is 24.0 Å². The number of methoxy groups -OCH3 is 2. The van der Waals surface area contributed by atoms with Crippen LogP contribution in [0.4, 0.5) is 0 Å². The van der Waals surface area contributed by atoms with Crippen LogP contribution < -0.4 is 14.8 Å². The molecule has 0 bridgehead atoms. The molecular weight excluding hydrogens is 244 g/mol. The van der Waals surface area contributed by atoms with Crippen molar-refractivity contribution in [2.24, 2.45) is 0 Å². The Bertz CT molecular complexity index is 575. The molecule has 0 spiro atoms. The molecule has 19 heavy (non-hydrogen) atoms. The van der Waals surface area contributed by atoms with Crippen molar-refractivity contribution in [2.45, 2.75) is 25.3 Å². The summed E-state index contributed by atoms with van der Waals surface area (Å²) in [4.78, 5) is 11.8. The van der Waals surface area contributed by atoms with Crippen LogP contribution >= 0.6 is 0 Å². The monoisotopic (exact) mass is 262 g/mol. The van der Waals surface area contributed by atoms with Crippen LogP contribution in [-0.4, -0.2) is 41.8 Å². The number of fused-ring (bicyclic) bond motifs is 1. The van der Waals surface area contributed by atoms with Crippen LogP contribution in [0, 0.1) is 0 Å². The van der Waals surface area contributed by atoms with Crippen molar-refractivity contribution in [2.75, 3.05) is 20.8 Å². The van der Waals surface area contributed by atoms with Gasteiger partial charge in [-0.25, -0.2) is 0 Å². The van der Waals surface area contributed by atoms with Crippen molar-refractivity contribution in [1.29, 1.82) is 0 Å². The molecule has 0 radical (unpaired) electrons. The van der Waals surface area contributed by atoms with Gasteiger partial charge in [0.2, 0.25) is 5.88 Å². The first-order valence-corrected chi connectivity index (χ1v) is 6.51. The number of aromatic nitrogens is 3. The van der Waals surface area contributed by atoms with Crippen LogP contribution in [0.3, 0.4) is 0 Å². The molecule has 1 aliphatic heterocycles. The van der Waals surface area contributed by atoms with Gasteiger partial charge in [0.15, 0.2) is 0 Å². The van der Waals surface area contributed by atoms with Crippen LogP contribution in [0.1, 0.15) is 18.4 Å². The number of hydrogen-bond donors (Lipinski definition) is 2. The largest absolute Gasteiger partial charge is 0.479 e. The maximum absolute atomic E-state index is 5.28. The van der Waals surface area contributed by atoms with Crippen LogP contribution in [-0.2, 0) is 6.42 Å². The van der Waals surface area contributed by atoms with E-state index in [4.69, 9.17) is 9.47 Å². The molecule has 2 N–H and O–H groups in total. The molecule has 1 fully saturated rings. The Hall–Kier alpha value is -1.82. The zero-order chi connectivity index (χ0) is 13.2. The summed E-state index contributed by atoms with van der Waals surface area (Å²) < 4.78 is 10.4. The van der Waals surface area contributed by atoms with Gasteiger partial charge in [-0.3, -0.25) is 0 Å². The molecule has 6 nitrogen and oxygen atoms in total. The lowest BCUT2D eigenvalue weighted by atomic mass is 10.1. The molecule has 1 aliphatic rings. The van der Waals surface area contributed by atoms with Gasteiger partial charge >= 0.3 is 6.01 Å². The highest BCUT2D eigenvalue weighted by molar-refractivity contribution is 5.83. The highest BCUT2D eigenvalue weighted by Gasteiger charge is 2.19. The van der Waals surface area contributed by atoms with Gasteiger partial charge in [-0.1, -0.05) is 0 Å². The third-order valence-corrected chi connectivity index (χ3v) is 3.55. The number of rotatable bonds is 4. The second-order valence-corrected chi connectivity index (χ2v) is 4.75. The van der Waals surface area contributed by atoms with E-state index in [-0.39, 0.29) is 0 Å². The normalized spacial score (nSPS) is 18.9. The third-order valence-electron chi connectivity index (χ3n) is 3.55. The highest BCUT2D eigenvalue weighted by atomic mass is 16.5. The zero-order valence-corrected chi connectivity index (χ0v) is 11.2. The lowest BCUT2D eigenvalue weighted by molar-refractivity contribution is 0.356. The van der Waals surface area contributed by atoms with E-state index in [2.05, 4.69) is 20.3 Å². The van der Waals surface area contributed by atoms with E-state index >= 15 is 0 Å². The summed E-state index contributed by atoms with van der Waals surface area (Å²) in [6.07, 6.45) is 5.41. The molecule has 0 aliphatic carbocycles. The molecule has 2 aromatic heterocycles. The summed E-state index contributed by atoms with van der Waals surface area (Å²) in [5.41, 5.74) is 2.89. The van der Waals surface area contributed by atoms with Crippen molar-refractivity contribution >= 4 is 11.0 Å². The van der Waals surface area contributed by atoms with Gasteiger partial charge in [-0.05, 0) is 31.4 Å². The van der Waals surface area contributed by atoms with Gasteiger partial charge in [0.05, 0.1) is 14.2 Å². The number of nitrogens with zero attached hydrogens (tertiary/aromatic N) is 2. The maximum Gasteiger partial charge on any atom is 0.320 e. The smallest absolute Gasteiger partial charge is 0.320 e. The van der Waals surface area contributed by atoms with E-state index in [1.807, 2.05) is 6.20 Å². The fourth-order valence-corrected chi connectivity index (χ4v) is 2.60. The van der Waals surface area contributed by atoms with Crippen molar-refractivity contribution in [3.8, 4) is 11.9 Å². The molecule has 0 aromatic carbocycles. The number of H-pyrrole nitrogens is 1. The van der Waals surface area contributed by atoms with E-state index in [0.29, 0.717) is 17.9 Å². The quantitative estimate of drug-likeness (QED) is 0.868. The van der Waals surface area contributed by atoms with E-state index in [1.54, 1.807) is 14.2 Å². The minimum atomic E-state index is 0.338. The number of ether oxygens (including phenoxy) is 2. The van der Waals surface area contributed by atoms with Crippen LogP contribution in [0.2, 0.25) is 0 Å². The van der Waals surface area contributed by atoms with Crippen LogP contribution in [0.25, 0.3) is 11.0 Å². The van der Waals surface area contributed by atoms with Gasteiger partial charge in [-0.2, -0.15) is 9.97 Å². The fraction of sp³-hybridized carbons (Fsp3) is 0.538. The average molecular weight is 262 g/mol. The first-order chi connectivity index (χ1) is 9.31. The van der Waals surface area contributed by atoms with Gasteiger partial charge in [0, 0.05) is 12.2 Å². The predicted octanol–water partition coefficient (Wildman–Crippen LogP) is 1.27. The average Bonchev–Trinajstić information content (AvgIpc) is 3.08. The molecule has 1 saturated heterocycles. The van der Waals surface area contributed by atoms with E-state index in [1.165, 1.54) is 18.4 Å². The standard InChI is InChI=1S/C13H18N4O2/c1-18-12-11-10(16-13(17-12)19-2)8(7-15-11)6-9-4-3-5-14-9/h7,9,14-15H,3-6H2,1-2H3. The van der Waals surface area contributed by atoms with Crippen molar-refractivity contribution in [1.82, 2.24) is 20.3 Å². The van der Waals surface area contributed by atoms with E-state index < -0.39 is 0 Å². The predicted molar refractivity (Wildman–Crippen MR) is 71.7 cm³/mol. The van der Waals surface area contributed by atoms with Crippen LogP contribution in [0.5, 0.6) is 11.9 Å². The number of nitrogens with one attached hydrogen (secondary N) is 2. The number of aromatic amines is 1. The second-order valence-electron chi connectivity index (χ2n) is 4.75. The topological polar surface area (TPSA) is 72.1 Å². The first kappa shape index (κ1) is 12.2. The van der Waals surface area contributed by atoms with Gasteiger partial charge in [0.1, 0.15) is 11.0 Å². The third kappa shape index (κ3) is 2.23. The summed E-state index contributed by atoms with van der Waals surface area (Å²) in [6.45, 7) is 1.11. The molecule has 0 amide bonds. The fourth-order valence-electron chi connectivity index (χ4n) is 2.60. The Balaban J connectivity index is 2.00. The van der Waals surface area contributed by atoms with Crippen molar-refractivity contribution in [3.05, 3.63) is 11.8 Å². The SMILES string of the molecule is COc1nc(OC)c2[nH]cc(CC3CCCN3)c2n1. The molecular formula is C13H18N4O2. The molecule has 1 unspecified atom stereocenters. The molecule has 3 heterocycles. The minimum absolute atomic E-state index is 0.338. The Labute approximate surface area is 111 Å². The lowest BCUT2D eigenvalue weighted by Gasteiger charge is -2.09. The van der Waals surface area contributed by atoms with Gasteiger partial charge < -0.3 is 19.8 Å². The molecule has 6 heteroatoms. The molecule has 1 atom stereocenters. The van der Waals surface area contributed by atoms with Gasteiger partial charge in [-0.15, -0.1) is 0 Å². The molecule has 2 aromatic rings. The minimum Gasteiger partial charge on any atom is -0.479 e. The van der Waals surface area contributed by atoms with Crippen molar-refractivity contribution in [3.63, 3.8) is 0 Å². The second kappa shape index (κ2) is 5.05. The van der Waals surface area contributed by atoms with Gasteiger partial charge in [0.25, 0.3) is 0 Å². The maximum atomic E-state index is 5.28. The Morgan fingerprint density at radius 1 is 1.32 bits per heavy atom. The van der Waals surface area contributed by atoms with E-state index in [9.17, 15) is 0 Å². The molecule has 0 saturated carbocycles. The zero-order valence-electron chi connectivity index (χ0n) is 11.2. The lowest BCUT2D eigenvalue weighted by Crippen LogP contribution is -2.23. The van der Waals surface area contributed by atoms with Crippen molar-refractivity contribution < 1.29 is 9.47 Å². The first-order valence-electron chi connectivity index (χ1n) is 6.51. The molecule has 3 rings (SSSR count). The summed E-state index contributed by atoms with van der Waals surface area (Å²) in [7, 11) is 3.16. The van der Waals surface area contributed by atoms with Crippen LogP contribution in [0.15, 0.2) is 6.20 Å². The summed E-state index contributed by atoms with van der Waals surface area (Å²) >= 11 is 0. The Morgan fingerprint density at radius 2 is 2.21 bits per heavy atom. The summed E-state index contributed by atoms with van der Waals surface area (Å²) in [5, 5.41) is 3.50. The summed E-state index contributed by atoms with van der Waals surface area (Å²) in [6, 6.07) is 0.871. The summed E-state index contributed by atoms with van der Waals surface area (Å²) in [5.74, 6) is 0.521. The molecule has 102 valence electrons. The highest BCUT2D eigenvalue weighted by Crippen LogP contribution is 2.27.